The fourth-order valence-corrected chi connectivity index (χ4v) is 3.43. The molecule has 0 saturated carbocycles. The Balaban J connectivity index is 0.00000182. The first kappa shape index (κ1) is 17.6. The molecule has 4 rings (SSSR count). The van der Waals surface area contributed by atoms with E-state index in [1.54, 1.807) is 4.68 Å². The first-order chi connectivity index (χ1) is 11.6. The van der Waals surface area contributed by atoms with Crippen LogP contribution in [0.1, 0.15) is 24.5 Å². The van der Waals surface area contributed by atoms with E-state index in [1.807, 2.05) is 19.2 Å². The number of hydrogen-bond donors (Lipinski definition) is 2. The molecule has 25 heavy (non-hydrogen) atoms. The summed E-state index contributed by atoms with van der Waals surface area (Å²) >= 11 is 0. The van der Waals surface area contributed by atoms with Crippen LogP contribution in [0.25, 0.3) is 11.0 Å². The third-order valence-corrected chi connectivity index (χ3v) is 4.71. The number of imide groups is 1. The van der Waals surface area contributed by atoms with Gasteiger partial charge < -0.3 is 10.2 Å². The second-order valence-electron chi connectivity index (χ2n) is 6.29. The fraction of sp³-hybridized carbons (Fsp3) is 0.500. The topological polar surface area (TPSA) is 92.2 Å². The summed E-state index contributed by atoms with van der Waals surface area (Å²) in [5, 5.41) is 11.1. The summed E-state index contributed by atoms with van der Waals surface area (Å²) < 4.78 is 1.72. The number of halogens is 1. The Kier molecular flexibility index (Phi) is 4.91. The quantitative estimate of drug-likeness (QED) is 0.746. The first-order valence-electron chi connectivity index (χ1n) is 8.26. The van der Waals surface area contributed by atoms with E-state index in [-0.39, 0.29) is 24.2 Å². The predicted octanol–water partition coefficient (Wildman–Crippen LogP) is 0.320. The Bertz CT molecular complexity index is 814. The standard InChI is InChI=1S/C16H20N6O2.ClH/c1-21-15-10(2-4-12(18-15)22-8-6-17-7-9-22)14(20-21)11-3-5-13(23)19-16(11)24;/h2,4,11,17H,3,5-9H2,1H3,(H,19,23,24);1H. The SMILES string of the molecule is Cl.Cn1nc(C2CCC(=O)NC2=O)c2ccc(N3CCNCC3)nc21. The molecule has 1 atom stereocenters. The number of aryl methyl sites for hydroxylation is 1. The average molecular weight is 365 g/mol. The Morgan fingerprint density at radius 2 is 1.96 bits per heavy atom. The van der Waals surface area contributed by atoms with Crippen molar-refractivity contribution in [2.24, 2.45) is 7.05 Å². The zero-order valence-corrected chi connectivity index (χ0v) is 14.8. The number of piperidine rings is 1. The molecule has 2 amide bonds. The fourth-order valence-electron chi connectivity index (χ4n) is 3.43. The molecule has 0 aromatic carbocycles. The summed E-state index contributed by atoms with van der Waals surface area (Å²) in [5.41, 5.74) is 1.47. The van der Waals surface area contributed by atoms with Crippen molar-refractivity contribution in [3.63, 3.8) is 0 Å². The summed E-state index contributed by atoms with van der Waals surface area (Å²) in [6.45, 7) is 3.76. The Morgan fingerprint density at radius 3 is 2.68 bits per heavy atom. The smallest absolute Gasteiger partial charge is 0.235 e. The van der Waals surface area contributed by atoms with E-state index in [0.29, 0.717) is 18.5 Å². The molecule has 0 spiro atoms. The Hall–Kier alpha value is -2.19. The zero-order valence-electron chi connectivity index (χ0n) is 14.0. The van der Waals surface area contributed by atoms with Crippen LogP contribution in [-0.4, -0.2) is 52.8 Å². The van der Waals surface area contributed by atoms with Gasteiger partial charge in [0.05, 0.1) is 11.6 Å². The first-order valence-corrected chi connectivity index (χ1v) is 8.26. The van der Waals surface area contributed by atoms with Gasteiger partial charge >= 0.3 is 0 Å². The lowest BCUT2D eigenvalue weighted by Crippen LogP contribution is -2.43. The third kappa shape index (κ3) is 3.19. The van der Waals surface area contributed by atoms with Crippen molar-refractivity contribution >= 4 is 41.1 Å². The number of hydrogen-bond acceptors (Lipinski definition) is 6. The molecular weight excluding hydrogens is 344 g/mol. The van der Waals surface area contributed by atoms with Crippen LogP contribution in [0.3, 0.4) is 0 Å². The molecule has 2 aromatic rings. The number of nitrogens with one attached hydrogen (secondary N) is 2. The number of nitrogens with zero attached hydrogens (tertiary/aromatic N) is 4. The molecule has 4 heterocycles. The number of rotatable bonds is 2. The van der Waals surface area contributed by atoms with Crippen LogP contribution < -0.4 is 15.5 Å². The van der Waals surface area contributed by atoms with Crippen LogP contribution in [0.5, 0.6) is 0 Å². The largest absolute Gasteiger partial charge is 0.354 e. The minimum absolute atomic E-state index is 0. The highest BCUT2D eigenvalue weighted by molar-refractivity contribution is 6.02. The van der Waals surface area contributed by atoms with Gasteiger partial charge in [0, 0.05) is 45.0 Å². The molecule has 0 radical (unpaired) electrons. The van der Waals surface area contributed by atoms with Crippen LogP contribution in [-0.2, 0) is 16.6 Å². The highest BCUT2D eigenvalue weighted by Gasteiger charge is 2.32. The minimum atomic E-state index is -0.391. The second kappa shape index (κ2) is 6.97. The lowest BCUT2D eigenvalue weighted by Gasteiger charge is -2.28. The molecule has 0 aliphatic carbocycles. The molecule has 2 aliphatic rings. The van der Waals surface area contributed by atoms with Gasteiger partial charge in [0.25, 0.3) is 0 Å². The van der Waals surface area contributed by atoms with Crippen LogP contribution in [0, 0.1) is 0 Å². The van der Waals surface area contributed by atoms with E-state index in [0.717, 1.165) is 43.0 Å². The highest BCUT2D eigenvalue weighted by Crippen LogP contribution is 2.30. The molecular formula is C16H21ClN6O2. The van der Waals surface area contributed by atoms with Gasteiger partial charge in [-0.2, -0.15) is 5.10 Å². The van der Waals surface area contributed by atoms with Gasteiger partial charge in [-0.15, -0.1) is 12.4 Å². The molecule has 0 bridgehead atoms. The summed E-state index contributed by atoms with van der Waals surface area (Å²) in [6.07, 6.45) is 0.844. The van der Waals surface area contributed by atoms with Crippen LogP contribution >= 0.6 is 12.4 Å². The number of piperazine rings is 1. The van der Waals surface area contributed by atoms with Crippen molar-refractivity contribution in [1.29, 1.82) is 0 Å². The number of aromatic nitrogens is 3. The van der Waals surface area contributed by atoms with Gasteiger partial charge in [0.1, 0.15) is 5.82 Å². The van der Waals surface area contributed by atoms with E-state index in [1.165, 1.54) is 0 Å². The normalized spacial score (nSPS) is 21.2. The molecule has 2 N–H and O–H groups in total. The van der Waals surface area contributed by atoms with Gasteiger partial charge in [-0.05, 0) is 18.6 Å². The number of carbonyl (C=O) groups is 2. The van der Waals surface area contributed by atoms with Gasteiger partial charge in [-0.3, -0.25) is 19.6 Å². The number of amides is 2. The van der Waals surface area contributed by atoms with Crippen molar-refractivity contribution in [1.82, 2.24) is 25.4 Å². The van der Waals surface area contributed by atoms with E-state index in [9.17, 15) is 9.59 Å². The molecule has 2 aliphatic heterocycles. The van der Waals surface area contributed by atoms with Gasteiger partial charge in [0.15, 0.2) is 5.65 Å². The number of anilines is 1. The Labute approximate surface area is 151 Å². The maximum atomic E-state index is 12.2. The summed E-state index contributed by atoms with van der Waals surface area (Å²) in [5.74, 6) is 0.0631. The van der Waals surface area contributed by atoms with Crippen LogP contribution in [0.4, 0.5) is 5.82 Å². The number of fused-ring (bicyclic) bond motifs is 1. The summed E-state index contributed by atoms with van der Waals surface area (Å²) in [4.78, 5) is 30.5. The van der Waals surface area contributed by atoms with Crippen molar-refractivity contribution in [3.8, 4) is 0 Å². The van der Waals surface area contributed by atoms with Crippen molar-refractivity contribution in [2.75, 3.05) is 31.1 Å². The van der Waals surface area contributed by atoms with Gasteiger partial charge in [-0.1, -0.05) is 0 Å². The molecule has 2 saturated heterocycles. The van der Waals surface area contributed by atoms with Crippen LogP contribution in [0.2, 0.25) is 0 Å². The van der Waals surface area contributed by atoms with E-state index in [4.69, 9.17) is 4.98 Å². The van der Waals surface area contributed by atoms with E-state index in [2.05, 4.69) is 20.6 Å². The molecule has 1 unspecified atom stereocenters. The number of carbonyl (C=O) groups excluding carboxylic acids is 2. The van der Waals surface area contributed by atoms with E-state index < -0.39 is 5.92 Å². The Morgan fingerprint density at radius 1 is 1.20 bits per heavy atom. The van der Waals surface area contributed by atoms with Crippen molar-refractivity contribution in [3.05, 3.63) is 17.8 Å². The maximum absolute atomic E-state index is 12.2. The lowest BCUT2D eigenvalue weighted by molar-refractivity contribution is -0.134. The molecule has 2 aromatic heterocycles. The second-order valence-corrected chi connectivity index (χ2v) is 6.29. The predicted molar refractivity (Wildman–Crippen MR) is 96.0 cm³/mol. The zero-order chi connectivity index (χ0) is 16.7. The average Bonchev–Trinajstić information content (AvgIpc) is 2.92. The van der Waals surface area contributed by atoms with Crippen molar-refractivity contribution < 1.29 is 9.59 Å². The lowest BCUT2D eigenvalue weighted by atomic mass is 9.93. The monoisotopic (exact) mass is 364 g/mol. The molecule has 9 heteroatoms. The molecule has 134 valence electrons. The summed E-state index contributed by atoms with van der Waals surface area (Å²) in [6, 6.07) is 3.98. The van der Waals surface area contributed by atoms with Gasteiger partial charge in [0.2, 0.25) is 11.8 Å². The third-order valence-electron chi connectivity index (χ3n) is 4.71. The van der Waals surface area contributed by atoms with E-state index >= 15 is 0 Å². The van der Waals surface area contributed by atoms with Crippen molar-refractivity contribution in [2.45, 2.75) is 18.8 Å². The highest BCUT2D eigenvalue weighted by atomic mass is 35.5. The summed E-state index contributed by atoms with van der Waals surface area (Å²) in [7, 11) is 1.84. The molecule has 8 nitrogen and oxygen atoms in total. The maximum Gasteiger partial charge on any atom is 0.235 e. The minimum Gasteiger partial charge on any atom is -0.354 e. The molecule has 2 fully saturated rings. The number of pyridine rings is 1. The van der Waals surface area contributed by atoms with Crippen LogP contribution in [0.15, 0.2) is 12.1 Å². The van der Waals surface area contributed by atoms with Gasteiger partial charge in [-0.25, -0.2) is 4.98 Å².